The lowest BCUT2D eigenvalue weighted by Crippen LogP contribution is -2.37. The molecule has 0 radical (unpaired) electrons. The molecule has 0 saturated heterocycles. The summed E-state index contributed by atoms with van der Waals surface area (Å²) in [5, 5.41) is 2.79. The number of nitrogens with one attached hydrogen (secondary N) is 1. The molecule has 1 fully saturated rings. The van der Waals surface area contributed by atoms with E-state index in [1.54, 1.807) is 13.0 Å². The highest BCUT2D eigenvalue weighted by atomic mass is 19.4. The summed E-state index contributed by atoms with van der Waals surface area (Å²) in [6.45, 7) is 3.55. The van der Waals surface area contributed by atoms with Crippen molar-refractivity contribution in [1.29, 1.82) is 0 Å². The van der Waals surface area contributed by atoms with Crippen LogP contribution in [0.15, 0.2) is 48.5 Å². The predicted molar refractivity (Wildman–Crippen MR) is 90.1 cm³/mol. The number of amides is 1. The molecule has 0 bridgehead atoms. The lowest BCUT2D eigenvalue weighted by Gasteiger charge is -2.23. The number of aryl methyl sites for hydroxylation is 1. The van der Waals surface area contributed by atoms with Crippen molar-refractivity contribution < 1.29 is 18.0 Å². The molecule has 0 unspecified atom stereocenters. The predicted octanol–water partition coefficient (Wildman–Crippen LogP) is 4.92. The van der Waals surface area contributed by atoms with Crippen LogP contribution in [0.3, 0.4) is 0 Å². The van der Waals surface area contributed by atoms with Crippen LogP contribution in [0.4, 0.5) is 13.2 Å². The fraction of sp³-hybridized carbons (Fsp3) is 0.350. The Morgan fingerprint density at radius 1 is 1.12 bits per heavy atom. The van der Waals surface area contributed by atoms with Crippen LogP contribution in [-0.4, -0.2) is 5.91 Å². The van der Waals surface area contributed by atoms with E-state index in [0.29, 0.717) is 0 Å². The quantitative estimate of drug-likeness (QED) is 0.835. The van der Waals surface area contributed by atoms with Crippen LogP contribution in [0.1, 0.15) is 48.1 Å². The van der Waals surface area contributed by atoms with Crippen molar-refractivity contribution in [2.75, 3.05) is 0 Å². The van der Waals surface area contributed by atoms with Gasteiger partial charge in [-0.25, -0.2) is 0 Å². The normalized spacial score (nSPS) is 17.0. The number of rotatable bonds is 4. The van der Waals surface area contributed by atoms with E-state index in [9.17, 15) is 18.0 Å². The summed E-state index contributed by atoms with van der Waals surface area (Å²) >= 11 is 0. The van der Waals surface area contributed by atoms with Crippen molar-refractivity contribution in [2.24, 2.45) is 0 Å². The zero-order chi connectivity index (χ0) is 18.2. The van der Waals surface area contributed by atoms with Crippen LogP contribution in [0.25, 0.3) is 0 Å². The van der Waals surface area contributed by atoms with Crippen molar-refractivity contribution >= 4 is 5.91 Å². The van der Waals surface area contributed by atoms with Gasteiger partial charge in [0, 0.05) is 0 Å². The van der Waals surface area contributed by atoms with E-state index in [4.69, 9.17) is 0 Å². The first kappa shape index (κ1) is 17.5. The maximum atomic E-state index is 13.2. The fourth-order valence-corrected chi connectivity index (χ4v) is 3.26. The van der Waals surface area contributed by atoms with Crippen LogP contribution >= 0.6 is 0 Å². The highest BCUT2D eigenvalue weighted by Crippen LogP contribution is 2.49. The Hall–Kier alpha value is -2.30. The second-order valence-corrected chi connectivity index (χ2v) is 6.73. The molecule has 2 nitrogen and oxygen atoms in total. The van der Waals surface area contributed by atoms with E-state index in [2.05, 4.69) is 5.32 Å². The van der Waals surface area contributed by atoms with Gasteiger partial charge in [-0.1, -0.05) is 48.0 Å². The molecule has 1 atom stereocenters. The SMILES string of the molecule is Cc1cccc(C2(C(=O)N[C@@H](C)c3ccccc3C(F)(F)F)CC2)c1. The van der Waals surface area contributed by atoms with Gasteiger partial charge in [0.15, 0.2) is 0 Å². The number of carbonyl (C=O) groups is 1. The molecular formula is C20H20F3NO. The van der Waals surface area contributed by atoms with E-state index in [1.165, 1.54) is 12.1 Å². The molecule has 2 aromatic rings. The number of benzene rings is 2. The number of carbonyl (C=O) groups excluding carboxylic acids is 1. The summed E-state index contributed by atoms with van der Waals surface area (Å²) in [5.41, 5.74) is 0.771. The van der Waals surface area contributed by atoms with Crippen LogP contribution < -0.4 is 5.32 Å². The maximum absolute atomic E-state index is 13.2. The van der Waals surface area contributed by atoms with Crippen molar-refractivity contribution in [3.05, 3.63) is 70.8 Å². The molecule has 0 aromatic heterocycles. The second kappa shape index (κ2) is 6.21. The summed E-state index contributed by atoms with van der Waals surface area (Å²) < 4.78 is 39.6. The van der Waals surface area contributed by atoms with E-state index in [0.717, 1.165) is 30.0 Å². The summed E-state index contributed by atoms with van der Waals surface area (Å²) in [4.78, 5) is 12.8. The van der Waals surface area contributed by atoms with Gasteiger partial charge in [0.25, 0.3) is 0 Å². The molecule has 3 rings (SSSR count). The monoisotopic (exact) mass is 347 g/mol. The van der Waals surface area contributed by atoms with Crippen LogP contribution in [0.2, 0.25) is 0 Å². The number of hydrogen-bond donors (Lipinski definition) is 1. The van der Waals surface area contributed by atoms with Gasteiger partial charge in [0.2, 0.25) is 5.91 Å². The van der Waals surface area contributed by atoms with Gasteiger partial charge in [0.1, 0.15) is 0 Å². The molecule has 1 saturated carbocycles. The third-order valence-corrected chi connectivity index (χ3v) is 4.84. The maximum Gasteiger partial charge on any atom is 0.416 e. The van der Waals surface area contributed by atoms with Crippen molar-refractivity contribution in [2.45, 2.75) is 44.3 Å². The molecule has 0 aliphatic heterocycles. The minimum Gasteiger partial charge on any atom is -0.349 e. The fourth-order valence-electron chi connectivity index (χ4n) is 3.26. The first-order chi connectivity index (χ1) is 11.7. The average molecular weight is 347 g/mol. The second-order valence-electron chi connectivity index (χ2n) is 6.73. The van der Waals surface area contributed by atoms with E-state index in [-0.39, 0.29) is 11.5 Å². The first-order valence-electron chi connectivity index (χ1n) is 8.28. The minimum absolute atomic E-state index is 0.0865. The molecule has 1 aliphatic rings. The third kappa shape index (κ3) is 3.41. The number of halogens is 3. The highest BCUT2D eigenvalue weighted by molar-refractivity contribution is 5.91. The Bertz CT molecular complexity index is 794. The topological polar surface area (TPSA) is 29.1 Å². The molecule has 1 N–H and O–H groups in total. The molecule has 1 aliphatic carbocycles. The van der Waals surface area contributed by atoms with E-state index in [1.807, 2.05) is 31.2 Å². The third-order valence-electron chi connectivity index (χ3n) is 4.84. The molecule has 132 valence electrons. The Morgan fingerprint density at radius 2 is 1.80 bits per heavy atom. The summed E-state index contributed by atoms with van der Waals surface area (Å²) in [5.74, 6) is -0.206. The standard InChI is InChI=1S/C20H20F3NO/c1-13-6-5-7-15(12-13)19(10-11-19)18(25)24-14(2)16-8-3-4-9-17(16)20(21,22)23/h3-9,12,14H,10-11H2,1-2H3,(H,24,25)/t14-/m0/s1. The van der Waals surface area contributed by atoms with Gasteiger partial charge in [-0.3, -0.25) is 4.79 Å². The molecule has 2 aromatic carbocycles. The molecular weight excluding hydrogens is 327 g/mol. The van der Waals surface area contributed by atoms with Crippen molar-refractivity contribution in [3.8, 4) is 0 Å². The van der Waals surface area contributed by atoms with Gasteiger partial charge in [0.05, 0.1) is 17.0 Å². The summed E-state index contributed by atoms with van der Waals surface area (Å²) in [6, 6.07) is 12.4. The van der Waals surface area contributed by atoms with Gasteiger partial charge in [-0.05, 0) is 43.9 Å². The van der Waals surface area contributed by atoms with Gasteiger partial charge < -0.3 is 5.32 Å². The van der Waals surface area contributed by atoms with Gasteiger partial charge in [-0.15, -0.1) is 0 Å². The largest absolute Gasteiger partial charge is 0.416 e. The number of alkyl halides is 3. The number of hydrogen-bond acceptors (Lipinski definition) is 1. The van der Waals surface area contributed by atoms with Crippen LogP contribution in [-0.2, 0) is 16.4 Å². The minimum atomic E-state index is -4.44. The molecule has 25 heavy (non-hydrogen) atoms. The Labute approximate surface area is 145 Å². The van der Waals surface area contributed by atoms with Gasteiger partial charge >= 0.3 is 6.18 Å². The Kier molecular flexibility index (Phi) is 4.35. The Balaban J connectivity index is 1.83. The average Bonchev–Trinajstić information content (AvgIpc) is 3.36. The molecule has 5 heteroatoms. The molecule has 0 heterocycles. The zero-order valence-electron chi connectivity index (χ0n) is 14.2. The van der Waals surface area contributed by atoms with Gasteiger partial charge in [-0.2, -0.15) is 13.2 Å². The van der Waals surface area contributed by atoms with Crippen LogP contribution in [0, 0.1) is 6.92 Å². The highest BCUT2D eigenvalue weighted by Gasteiger charge is 2.51. The first-order valence-corrected chi connectivity index (χ1v) is 8.28. The lowest BCUT2D eigenvalue weighted by atomic mass is 9.92. The summed E-state index contributed by atoms with van der Waals surface area (Å²) in [6.07, 6.45) is -3.00. The van der Waals surface area contributed by atoms with Crippen molar-refractivity contribution in [1.82, 2.24) is 5.32 Å². The Morgan fingerprint density at radius 3 is 2.40 bits per heavy atom. The van der Waals surface area contributed by atoms with Crippen molar-refractivity contribution in [3.63, 3.8) is 0 Å². The molecule has 1 amide bonds. The zero-order valence-corrected chi connectivity index (χ0v) is 14.2. The smallest absolute Gasteiger partial charge is 0.349 e. The van der Waals surface area contributed by atoms with Crippen LogP contribution in [0.5, 0.6) is 0 Å². The molecule has 0 spiro atoms. The van der Waals surface area contributed by atoms with E-state index >= 15 is 0 Å². The van der Waals surface area contributed by atoms with E-state index < -0.39 is 23.2 Å². The summed E-state index contributed by atoms with van der Waals surface area (Å²) in [7, 11) is 0. The lowest BCUT2D eigenvalue weighted by molar-refractivity contribution is -0.138.